The average molecular weight is 495 g/mol. The van der Waals surface area contributed by atoms with Gasteiger partial charge in [0.25, 0.3) is 0 Å². The van der Waals surface area contributed by atoms with Crippen molar-refractivity contribution >= 4 is 17.3 Å². The van der Waals surface area contributed by atoms with Crippen LogP contribution in [0.15, 0.2) is 90.3 Å². The number of halogens is 4. The standard InChI is InChI=1S/C13H8F2N2O2.C13H9F2NO/c14-10-3-1-8(2-4-10)12(17-19)13(18)9-5-6-16-11(15)7-9;14-11-3-1-9(2-4-11)7-12(17)10-5-6-16-13(15)8-10/h1-7,19H;1-6,8H,7H2. The maximum atomic E-state index is 12.9. The molecule has 0 aliphatic heterocycles. The molecule has 10 heteroatoms. The number of pyridine rings is 2. The predicted octanol–water partition coefficient (Wildman–Crippen LogP) is 5.21. The van der Waals surface area contributed by atoms with E-state index in [2.05, 4.69) is 15.1 Å². The summed E-state index contributed by atoms with van der Waals surface area (Å²) in [4.78, 5) is 30.5. The summed E-state index contributed by atoms with van der Waals surface area (Å²) in [5.74, 6) is -3.25. The van der Waals surface area contributed by atoms with Crippen LogP contribution in [0.5, 0.6) is 0 Å². The second-order valence-electron chi connectivity index (χ2n) is 7.25. The predicted molar refractivity (Wildman–Crippen MR) is 122 cm³/mol. The number of hydrogen-bond acceptors (Lipinski definition) is 6. The summed E-state index contributed by atoms with van der Waals surface area (Å²) in [6, 6.07) is 15.2. The minimum atomic E-state index is -0.817. The first kappa shape index (κ1) is 25.9. The first-order valence-corrected chi connectivity index (χ1v) is 10.3. The highest BCUT2D eigenvalue weighted by Crippen LogP contribution is 2.11. The molecular formula is C26H17F4N3O3. The lowest BCUT2D eigenvalue weighted by Gasteiger charge is -2.04. The average Bonchev–Trinajstić information content (AvgIpc) is 2.87. The van der Waals surface area contributed by atoms with Gasteiger partial charge in [0.2, 0.25) is 17.7 Å². The van der Waals surface area contributed by atoms with Gasteiger partial charge in [-0.2, -0.15) is 8.78 Å². The van der Waals surface area contributed by atoms with Gasteiger partial charge >= 0.3 is 0 Å². The molecule has 36 heavy (non-hydrogen) atoms. The summed E-state index contributed by atoms with van der Waals surface area (Å²) in [6.07, 6.45) is 2.49. The maximum Gasteiger partial charge on any atom is 0.215 e. The Hall–Kier alpha value is -4.73. The number of oxime groups is 1. The fourth-order valence-electron chi connectivity index (χ4n) is 2.99. The number of carbonyl (C=O) groups excluding carboxylic acids is 2. The summed E-state index contributed by atoms with van der Waals surface area (Å²) < 4.78 is 51.2. The largest absolute Gasteiger partial charge is 0.410 e. The van der Waals surface area contributed by atoms with Crippen LogP contribution in [0.3, 0.4) is 0 Å². The Morgan fingerprint density at radius 2 is 1.19 bits per heavy atom. The van der Waals surface area contributed by atoms with E-state index in [9.17, 15) is 27.2 Å². The van der Waals surface area contributed by atoms with Gasteiger partial charge in [0, 0.05) is 47.6 Å². The van der Waals surface area contributed by atoms with Gasteiger partial charge in [-0.25, -0.2) is 18.7 Å². The van der Waals surface area contributed by atoms with Crippen molar-refractivity contribution in [1.82, 2.24) is 9.97 Å². The van der Waals surface area contributed by atoms with Crippen molar-refractivity contribution in [2.24, 2.45) is 5.16 Å². The number of carbonyl (C=O) groups is 2. The van der Waals surface area contributed by atoms with Crippen LogP contribution < -0.4 is 0 Å². The fraction of sp³-hybridized carbons (Fsp3) is 0.0385. The normalized spacial score (nSPS) is 10.8. The summed E-state index contributed by atoms with van der Waals surface area (Å²) in [6.45, 7) is 0. The van der Waals surface area contributed by atoms with E-state index in [0.29, 0.717) is 5.56 Å². The quantitative estimate of drug-likeness (QED) is 0.0991. The third-order valence-corrected chi connectivity index (χ3v) is 4.75. The molecule has 1 N–H and O–H groups in total. The Morgan fingerprint density at radius 3 is 1.72 bits per heavy atom. The molecule has 0 atom stereocenters. The molecule has 0 saturated carbocycles. The lowest BCUT2D eigenvalue weighted by atomic mass is 10.0. The number of benzene rings is 2. The van der Waals surface area contributed by atoms with Crippen molar-refractivity contribution < 1.29 is 32.4 Å². The van der Waals surface area contributed by atoms with E-state index in [1.807, 2.05) is 0 Å². The molecule has 0 unspecified atom stereocenters. The molecule has 0 radical (unpaired) electrons. The number of aromatic nitrogens is 2. The summed E-state index contributed by atoms with van der Waals surface area (Å²) in [7, 11) is 0. The van der Waals surface area contributed by atoms with Crippen molar-refractivity contribution in [1.29, 1.82) is 0 Å². The molecule has 2 heterocycles. The van der Waals surface area contributed by atoms with E-state index in [1.165, 1.54) is 54.7 Å². The molecule has 2 aromatic heterocycles. The Morgan fingerprint density at radius 1 is 0.694 bits per heavy atom. The lowest BCUT2D eigenvalue weighted by Crippen LogP contribution is -2.16. The highest BCUT2D eigenvalue weighted by atomic mass is 19.1. The third-order valence-electron chi connectivity index (χ3n) is 4.75. The summed E-state index contributed by atoms with van der Waals surface area (Å²) in [5, 5.41) is 11.8. The summed E-state index contributed by atoms with van der Waals surface area (Å²) in [5.41, 5.74) is 0.872. The van der Waals surface area contributed by atoms with Gasteiger partial charge < -0.3 is 5.21 Å². The third kappa shape index (κ3) is 7.13. The van der Waals surface area contributed by atoms with Gasteiger partial charge in [0.05, 0.1) is 0 Å². The van der Waals surface area contributed by atoms with Crippen LogP contribution in [0.1, 0.15) is 31.8 Å². The van der Waals surface area contributed by atoms with Gasteiger partial charge in [0.1, 0.15) is 11.6 Å². The molecule has 2 aromatic carbocycles. The second kappa shape index (κ2) is 12.1. The molecule has 0 amide bonds. The smallest absolute Gasteiger partial charge is 0.215 e. The molecular weight excluding hydrogens is 478 g/mol. The Balaban J connectivity index is 0.000000202. The molecule has 182 valence electrons. The van der Waals surface area contributed by atoms with Crippen molar-refractivity contribution in [3.8, 4) is 0 Å². The SMILES string of the molecule is O=C(C(=NO)c1ccc(F)cc1)c1ccnc(F)c1.O=C(Cc1ccc(F)cc1)c1ccnc(F)c1. The van der Waals surface area contributed by atoms with Crippen molar-refractivity contribution in [3.63, 3.8) is 0 Å². The fourth-order valence-corrected chi connectivity index (χ4v) is 2.99. The molecule has 0 fully saturated rings. The Bertz CT molecular complexity index is 1390. The summed E-state index contributed by atoms with van der Waals surface area (Å²) >= 11 is 0. The molecule has 0 saturated heterocycles. The molecule has 0 aliphatic carbocycles. The van der Waals surface area contributed by atoms with Crippen LogP contribution in [0.4, 0.5) is 17.6 Å². The number of rotatable bonds is 6. The van der Waals surface area contributed by atoms with Crippen LogP contribution in [-0.2, 0) is 6.42 Å². The van der Waals surface area contributed by atoms with E-state index < -0.39 is 23.5 Å². The molecule has 0 spiro atoms. The minimum absolute atomic E-state index is 0.00961. The highest BCUT2D eigenvalue weighted by molar-refractivity contribution is 6.51. The number of nitrogens with zero attached hydrogens (tertiary/aromatic N) is 3. The van der Waals surface area contributed by atoms with Gasteiger partial charge in [0.15, 0.2) is 11.5 Å². The first-order valence-electron chi connectivity index (χ1n) is 10.3. The van der Waals surface area contributed by atoms with Gasteiger partial charge in [-0.15, -0.1) is 0 Å². The zero-order valence-corrected chi connectivity index (χ0v) is 18.4. The Labute approximate surface area is 202 Å². The molecule has 6 nitrogen and oxygen atoms in total. The topological polar surface area (TPSA) is 92.5 Å². The monoisotopic (exact) mass is 495 g/mol. The van der Waals surface area contributed by atoms with Crippen LogP contribution in [-0.4, -0.2) is 32.5 Å². The highest BCUT2D eigenvalue weighted by Gasteiger charge is 2.18. The van der Waals surface area contributed by atoms with Crippen LogP contribution >= 0.6 is 0 Å². The van der Waals surface area contributed by atoms with Crippen molar-refractivity contribution in [2.45, 2.75) is 6.42 Å². The van der Waals surface area contributed by atoms with Crippen molar-refractivity contribution in [2.75, 3.05) is 0 Å². The van der Waals surface area contributed by atoms with Gasteiger partial charge in [-0.05, 0) is 54.1 Å². The Kier molecular flexibility index (Phi) is 8.71. The maximum absolute atomic E-state index is 12.9. The first-order chi connectivity index (χ1) is 17.3. The molecule has 0 bridgehead atoms. The zero-order chi connectivity index (χ0) is 26.1. The lowest BCUT2D eigenvalue weighted by molar-refractivity contribution is 0.0991. The van der Waals surface area contributed by atoms with E-state index in [0.717, 1.165) is 30.5 Å². The minimum Gasteiger partial charge on any atom is -0.410 e. The van der Waals surface area contributed by atoms with E-state index in [4.69, 9.17) is 5.21 Å². The van der Waals surface area contributed by atoms with Crippen molar-refractivity contribution in [3.05, 3.63) is 131 Å². The number of Topliss-reactive ketones (excluding diaryl/α,β-unsaturated/α-hetero) is 2. The second-order valence-corrected chi connectivity index (χ2v) is 7.25. The van der Waals surface area contributed by atoms with Gasteiger partial charge in [-0.1, -0.05) is 17.3 Å². The van der Waals surface area contributed by atoms with E-state index in [-0.39, 0.29) is 40.4 Å². The van der Waals surface area contributed by atoms with Gasteiger partial charge in [-0.3, -0.25) is 9.59 Å². The van der Waals surface area contributed by atoms with E-state index in [1.54, 1.807) is 0 Å². The molecule has 4 rings (SSSR count). The van der Waals surface area contributed by atoms with Crippen LogP contribution in [0.2, 0.25) is 0 Å². The number of ketones is 2. The zero-order valence-electron chi connectivity index (χ0n) is 18.4. The van der Waals surface area contributed by atoms with Crippen LogP contribution in [0.25, 0.3) is 0 Å². The van der Waals surface area contributed by atoms with Crippen LogP contribution in [0, 0.1) is 23.5 Å². The molecule has 0 aliphatic rings. The van der Waals surface area contributed by atoms with E-state index >= 15 is 0 Å². The number of hydrogen-bond donors (Lipinski definition) is 1. The molecule has 4 aromatic rings.